The number of carbonyl (C=O) groups excluding carboxylic acids is 2. The Morgan fingerprint density at radius 3 is 2.86 bits per heavy atom. The van der Waals surface area contributed by atoms with E-state index in [-0.39, 0.29) is 30.1 Å². The lowest BCUT2D eigenvalue weighted by atomic mass is 10.0. The number of nitrogens with zero attached hydrogens (tertiary/aromatic N) is 3. The summed E-state index contributed by atoms with van der Waals surface area (Å²) in [6.45, 7) is 4.12. The number of aromatic amines is 1. The van der Waals surface area contributed by atoms with Crippen molar-refractivity contribution in [3.8, 4) is 0 Å². The fourth-order valence-electron chi connectivity index (χ4n) is 3.50. The van der Waals surface area contributed by atoms with Crippen LogP contribution in [0.25, 0.3) is 0 Å². The van der Waals surface area contributed by atoms with Crippen molar-refractivity contribution >= 4 is 17.8 Å². The molecule has 1 aliphatic rings. The number of carbonyl (C=O) groups is 2. The number of hydrogen-bond donors (Lipinski definition) is 3. The Kier molecular flexibility index (Phi) is 6.53. The van der Waals surface area contributed by atoms with Crippen molar-refractivity contribution in [2.75, 3.05) is 12.4 Å². The molecule has 0 aliphatic heterocycles. The summed E-state index contributed by atoms with van der Waals surface area (Å²) >= 11 is 0. The Hall–Kier alpha value is -2.88. The summed E-state index contributed by atoms with van der Waals surface area (Å²) in [5.74, 6) is 0.356. The van der Waals surface area contributed by atoms with Crippen molar-refractivity contribution < 1.29 is 19.1 Å². The molecule has 3 rings (SSSR count). The molecule has 1 aliphatic carbocycles. The molecule has 158 valence electrons. The average molecular weight is 404 g/mol. The maximum Gasteiger partial charge on any atom is 0.407 e. The normalized spacial score (nSPS) is 18.8. The molecule has 1 saturated carbocycles. The Balaban J connectivity index is 1.56. The van der Waals surface area contributed by atoms with Gasteiger partial charge >= 0.3 is 6.09 Å². The van der Waals surface area contributed by atoms with Gasteiger partial charge in [-0.05, 0) is 39.2 Å². The van der Waals surface area contributed by atoms with Gasteiger partial charge in [-0.2, -0.15) is 10.2 Å². The first kappa shape index (κ1) is 20.8. The van der Waals surface area contributed by atoms with Crippen LogP contribution >= 0.6 is 0 Å². The summed E-state index contributed by atoms with van der Waals surface area (Å²) in [6.07, 6.45) is 1.91. The molecule has 10 heteroatoms. The van der Waals surface area contributed by atoms with E-state index in [1.807, 2.05) is 19.9 Å². The highest BCUT2D eigenvalue weighted by Gasteiger charge is 2.30. The number of aromatic nitrogens is 4. The number of rotatable bonds is 7. The second-order valence-corrected chi connectivity index (χ2v) is 7.58. The van der Waals surface area contributed by atoms with Crippen LogP contribution in [-0.2, 0) is 23.1 Å². The Morgan fingerprint density at radius 2 is 2.14 bits per heavy atom. The fraction of sp³-hybridized carbons (Fsp3) is 0.579. The lowest BCUT2D eigenvalue weighted by Crippen LogP contribution is -2.33. The van der Waals surface area contributed by atoms with Crippen LogP contribution in [0.4, 0.5) is 10.6 Å². The van der Waals surface area contributed by atoms with Gasteiger partial charge in [-0.15, -0.1) is 0 Å². The lowest BCUT2D eigenvalue weighted by Gasteiger charge is -2.14. The predicted octanol–water partition coefficient (Wildman–Crippen LogP) is 2.31. The van der Waals surface area contributed by atoms with Crippen LogP contribution in [0, 0.1) is 0 Å². The van der Waals surface area contributed by atoms with Gasteiger partial charge in [-0.25, -0.2) is 4.79 Å². The lowest BCUT2D eigenvalue weighted by molar-refractivity contribution is 0.0979. The minimum Gasteiger partial charge on any atom is -0.446 e. The molecule has 0 radical (unpaired) electrons. The summed E-state index contributed by atoms with van der Waals surface area (Å²) in [7, 11) is 3.28. The molecule has 0 bridgehead atoms. The molecule has 2 atom stereocenters. The standard InChI is InChI=1S/C19H28N6O4/c1-11(2)20-19(27)29-14-6-5-12(7-14)15-9-17(23-22-15)21-18(26)16-8-13(10-28-4)24-25(16)3/h8-9,11-12,14H,5-7,10H2,1-4H3,(H,20,27)(H2,21,22,23,26)/t12-,14?/m0/s1. The smallest absolute Gasteiger partial charge is 0.407 e. The number of alkyl carbamates (subject to hydrolysis) is 1. The molecular weight excluding hydrogens is 376 g/mol. The van der Waals surface area contributed by atoms with Crippen molar-refractivity contribution in [2.24, 2.45) is 7.05 Å². The minimum atomic E-state index is -0.382. The number of ether oxygens (including phenoxy) is 2. The van der Waals surface area contributed by atoms with E-state index in [1.54, 1.807) is 20.2 Å². The van der Waals surface area contributed by atoms with Crippen molar-refractivity contribution in [3.05, 3.63) is 29.2 Å². The fourth-order valence-corrected chi connectivity index (χ4v) is 3.50. The summed E-state index contributed by atoms with van der Waals surface area (Å²) in [5, 5.41) is 16.9. The van der Waals surface area contributed by atoms with Crippen LogP contribution in [0.1, 0.15) is 60.9 Å². The number of methoxy groups -OCH3 is 1. The van der Waals surface area contributed by atoms with E-state index in [0.29, 0.717) is 23.8 Å². The third kappa shape index (κ3) is 5.35. The number of H-pyrrole nitrogens is 1. The molecule has 2 aromatic rings. The van der Waals surface area contributed by atoms with E-state index >= 15 is 0 Å². The highest BCUT2D eigenvalue weighted by atomic mass is 16.6. The molecule has 1 fully saturated rings. The zero-order chi connectivity index (χ0) is 21.0. The molecule has 0 spiro atoms. The van der Waals surface area contributed by atoms with Gasteiger partial charge in [0.2, 0.25) is 0 Å². The zero-order valence-corrected chi connectivity index (χ0v) is 17.2. The largest absolute Gasteiger partial charge is 0.446 e. The Morgan fingerprint density at radius 1 is 1.34 bits per heavy atom. The van der Waals surface area contributed by atoms with Gasteiger partial charge in [0.25, 0.3) is 5.91 Å². The molecule has 2 heterocycles. The molecule has 2 aromatic heterocycles. The topological polar surface area (TPSA) is 123 Å². The summed E-state index contributed by atoms with van der Waals surface area (Å²) in [4.78, 5) is 24.3. The second-order valence-electron chi connectivity index (χ2n) is 7.58. The molecule has 1 unspecified atom stereocenters. The summed E-state index contributed by atoms with van der Waals surface area (Å²) in [5.41, 5.74) is 2.02. The minimum absolute atomic E-state index is 0.0449. The number of nitrogens with one attached hydrogen (secondary N) is 3. The monoisotopic (exact) mass is 404 g/mol. The van der Waals surface area contributed by atoms with Crippen molar-refractivity contribution in [1.29, 1.82) is 0 Å². The van der Waals surface area contributed by atoms with Crippen LogP contribution in [0.5, 0.6) is 0 Å². The first-order valence-electron chi connectivity index (χ1n) is 9.71. The molecule has 0 saturated heterocycles. The van der Waals surface area contributed by atoms with E-state index < -0.39 is 0 Å². The van der Waals surface area contributed by atoms with Crippen LogP contribution < -0.4 is 10.6 Å². The van der Waals surface area contributed by atoms with Gasteiger partial charge in [0.05, 0.1) is 12.3 Å². The molecule has 29 heavy (non-hydrogen) atoms. The molecule has 0 aromatic carbocycles. The Bertz CT molecular complexity index is 859. The van der Waals surface area contributed by atoms with E-state index in [2.05, 4.69) is 25.9 Å². The van der Waals surface area contributed by atoms with Gasteiger partial charge < -0.3 is 20.1 Å². The molecule has 10 nitrogen and oxygen atoms in total. The van der Waals surface area contributed by atoms with E-state index in [9.17, 15) is 9.59 Å². The number of anilines is 1. The maximum atomic E-state index is 12.5. The van der Waals surface area contributed by atoms with E-state index in [1.165, 1.54) is 4.68 Å². The van der Waals surface area contributed by atoms with Crippen molar-refractivity contribution in [1.82, 2.24) is 25.3 Å². The predicted molar refractivity (Wildman–Crippen MR) is 106 cm³/mol. The van der Waals surface area contributed by atoms with Crippen LogP contribution in [0.3, 0.4) is 0 Å². The highest BCUT2D eigenvalue weighted by Crippen LogP contribution is 2.35. The van der Waals surface area contributed by atoms with Crippen molar-refractivity contribution in [3.63, 3.8) is 0 Å². The summed E-state index contributed by atoms with van der Waals surface area (Å²) < 4.78 is 12.0. The third-order valence-electron chi connectivity index (χ3n) is 4.80. The average Bonchev–Trinajstić information content (AvgIpc) is 3.35. The van der Waals surface area contributed by atoms with E-state index in [4.69, 9.17) is 9.47 Å². The SMILES string of the molecule is COCc1cc(C(=O)Nc2cc([C@H]3CCC(OC(=O)NC(C)C)C3)[nH]n2)n(C)n1. The maximum absolute atomic E-state index is 12.5. The van der Waals surface area contributed by atoms with Crippen LogP contribution in [-0.4, -0.2) is 51.2 Å². The van der Waals surface area contributed by atoms with Crippen LogP contribution in [0.2, 0.25) is 0 Å². The van der Waals surface area contributed by atoms with Gasteiger partial charge in [-0.3, -0.25) is 14.6 Å². The Labute approximate surface area is 169 Å². The number of aryl methyl sites for hydroxylation is 1. The molecule has 2 amide bonds. The second kappa shape index (κ2) is 9.08. The molecule has 3 N–H and O–H groups in total. The van der Waals surface area contributed by atoms with Gasteiger partial charge in [-0.1, -0.05) is 0 Å². The number of hydrogen-bond acceptors (Lipinski definition) is 6. The highest BCUT2D eigenvalue weighted by molar-refractivity contribution is 6.02. The van der Waals surface area contributed by atoms with Gasteiger partial charge in [0.1, 0.15) is 11.8 Å². The van der Waals surface area contributed by atoms with Crippen LogP contribution in [0.15, 0.2) is 12.1 Å². The van der Waals surface area contributed by atoms with Crippen molar-refractivity contribution in [2.45, 2.75) is 57.8 Å². The van der Waals surface area contributed by atoms with Gasteiger partial charge in [0.15, 0.2) is 5.82 Å². The number of amides is 2. The van der Waals surface area contributed by atoms with E-state index in [0.717, 1.165) is 25.0 Å². The quantitative estimate of drug-likeness (QED) is 0.651. The zero-order valence-electron chi connectivity index (χ0n) is 17.2. The first-order valence-corrected chi connectivity index (χ1v) is 9.71. The van der Waals surface area contributed by atoms with Gasteiger partial charge in [0, 0.05) is 37.9 Å². The molecular formula is C19H28N6O4. The first-order chi connectivity index (χ1) is 13.9. The third-order valence-corrected chi connectivity index (χ3v) is 4.80. The summed E-state index contributed by atoms with van der Waals surface area (Å²) in [6, 6.07) is 3.56.